The summed E-state index contributed by atoms with van der Waals surface area (Å²) in [5, 5.41) is 11.9. The lowest BCUT2D eigenvalue weighted by molar-refractivity contribution is 0.598. The van der Waals surface area contributed by atoms with Crippen molar-refractivity contribution in [2.75, 3.05) is 12.3 Å². The van der Waals surface area contributed by atoms with Crippen LogP contribution in [0.1, 0.15) is 44.7 Å². The average Bonchev–Trinajstić information content (AvgIpc) is 2.39. The maximum atomic E-state index is 8.45. The number of hydrogen-bond donors (Lipinski definition) is 1. The van der Waals surface area contributed by atoms with E-state index in [2.05, 4.69) is 49.5 Å². The first kappa shape index (κ1) is 15.1. The van der Waals surface area contributed by atoms with Gasteiger partial charge in [-0.15, -0.1) is 11.8 Å². The highest BCUT2D eigenvalue weighted by Crippen LogP contribution is 2.22. The van der Waals surface area contributed by atoms with Crippen LogP contribution in [0.4, 0.5) is 0 Å². The summed E-state index contributed by atoms with van der Waals surface area (Å²) in [4.78, 5) is 1.32. The molecule has 0 heterocycles. The van der Waals surface area contributed by atoms with Gasteiger partial charge in [0.15, 0.2) is 0 Å². The van der Waals surface area contributed by atoms with Crippen LogP contribution in [0.2, 0.25) is 0 Å². The number of thioether (sulfide) groups is 1. The number of nitrogens with zero attached hydrogens (tertiary/aromatic N) is 1. The summed E-state index contributed by atoms with van der Waals surface area (Å²) in [6, 6.07) is 11.4. The van der Waals surface area contributed by atoms with Crippen LogP contribution in [0.3, 0.4) is 0 Å². The Balaban J connectivity index is 2.34. The van der Waals surface area contributed by atoms with Gasteiger partial charge in [-0.2, -0.15) is 5.26 Å². The largest absolute Gasteiger partial charge is 0.310 e. The summed E-state index contributed by atoms with van der Waals surface area (Å²) < 4.78 is 0. The lowest BCUT2D eigenvalue weighted by Gasteiger charge is -2.13. The predicted octanol–water partition coefficient (Wildman–Crippen LogP) is 4.14. The van der Waals surface area contributed by atoms with Crippen LogP contribution >= 0.6 is 11.8 Å². The third-order valence-electron chi connectivity index (χ3n) is 2.84. The Morgan fingerprint density at radius 1 is 1.28 bits per heavy atom. The third kappa shape index (κ3) is 5.57. The molecule has 0 radical (unpaired) electrons. The minimum absolute atomic E-state index is 0.421. The fourth-order valence-corrected chi connectivity index (χ4v) is 2.69. The minimum atomic E-state index is 0.421. The zero-order valence-electron chi connectivity index (χ0n) is 11.3. The molecule has 1 aromatic carbocycles. The van der Waals surface area contributed by atoms with E-state index in [0.717, 1.165) is 25.1 Å². The summed E-state index contributed by atoms with van der Waals surface area (Å²) in [6.45, 7) is 5.31. The van der Waals surface area contributed by atoms with Crippen molar-refractivity contribution in [3.63, 3.8) is 0 Å². The van der Waals surface area contributed by atoms with Crippen molar-refractivity contribution in [3.05, 3.63) is 29.8 Å². The van der Waals surface area contributed by atoms with Crippen LogP contribution in [-0.2, 0) is 0 Å². The van der Waals surface area contributed by atoms with Crippen molar-refractivity contribution in [2.45, 2.75) is 44.0 Å². The second kappa shape index (κ2) is 9.02. The summed E-state index contributed by atoms with van der Waals surface area (Å²) in [5.74, 6) is 1.10. The molecule has 0 spiro atoms. The number of nitriles is 1. The fourth-order valence-electron chi connectivity index (χ4n) is 1.77. The molecule has 0 fully saturated rings. The van der Waals surface area contributed by atoms with E-state index in [1.807, 2.05) is 11.8 Å². The second-order valence-corrected chi connectivity index (χ2v) is 5.48. The summed E-state index contributed by atoms with van der Waals surface area (Å²) in [5.41, 5.74) is 1.34. The Labute approximate surface area is 115 Å². The SMILES string of the molecule is CCNC(C)c1ccc(SCCCCC#N)cc1. The molecule has 0 aliphatic carbocycles. The average molecular weight is 262 g/mol. The fraction of sp³-hybridized carbons (Fsp3) is 0.533. The van der Waals surface area contributed by atoms with E-state index in [0.29, 0.717) is 12.5 Å². The highest BCUT2D eigenvalue weighted by atomic mass is 32.2. The second-order valence-electron chi connectivity index (χ2n) is 4.31. The first-order valence-corrected chi connectivity index (χ1v) is 7.59. The van der Waals surface area contributed by atoms with Gasteiger partial charge in [-0.1, -0.05) is 19.1 Å². The van der Waals surface area contributed by atoms with Crippen molar-refractivity contribution in [1.82, 2.24) is 5.32 Å². The van der Waals surface area contributed by atoms with Crippen LogP contribution in [-0.4, -0.2) is 12.3 Å². The molecule has 0 aliphatic heterocycles. The van der Waals surface area contributed by atoms with E-state index < -0.39 is 0 Å². The Kier molecular flexibility index (Phi) is 7.55. The van der Waals surface area contributed by atoms with Gasteiger partial charge in [0.25, 0.3) is 0 Å². The van der Waals surface area contributed by atoms with Crippen molar-refractivity contribution in [3.8, 4) is 6.07 Å². The molecule has 0 bridgehead atoms. The molecule has 1 atom stereocenters. The smallest absolute Gasteiger partial charge is 0.0621 e. The van der Waals surface area contributed by atoms with Gasteiger partial charge in [-0.3, -0.25) is 0 Å². The molecule has 1 N–H and O–H groups in total. The molecule has 3 heteroatoms. The Morgan fingerprint density at radius 2 is 2.00 bits per heavy atom. The van der Waals surface area contributed by atoms with E-state index >= 15 is 0 Å². The molecule has 1 aromatic rings. The summed E-state index contributed by atoms with van der Waals surface area (Å²) in [6.07, 6.45) is 2.81. The first-order valence-electron chi connectivity index (χ1n) is 6.61. The molecular formula is C15H22N2S. The molecule has 2 nitrogen and oxygen atoms in total. The van der Waals surface area contributed by atoms with Crippen molar-refractivity contribution >= 4 is 11.8 Å². The minimum Gasteiger partial charge on any atom is -0.310 e. The number of rotatable bonds is 8. The van der Waals surface area contributed by atoms with Gasteiger partial charge in [0.05, 0.1) is 6.07 Å². The van der Waals surface area contributed by atoms with Gasteiger partial charge in [-0.05, 0) is 49.8 Å². The Hall–Kier alpha value is -0.980. The van der Waals surface area contributed by atoms with Gasteiger partial charge in [0.2, 0.25) is 0 Å². The Morgan fingerprint density at radius 3 is 2.61 bits per heavy atom. The van der Waals surface area contributed by atoms with Crippen LogP contribution in [0.25, 0.3) is 0 Å². The van der Waals surface area contributed by atoms with Gasteiger partial charge in [-0.25, -0.2) is 0 Å². The molecule has 0 saturated carbocycles. The zero-order valence-corrected chi connectivity index (χ0v) is 12.1. The maximum absolute atomic E-state index is 8.45. The molecule has 1 rings (SSSR count). The molecule has 0 saturated heterocycles. The standard InChI is InChI=1S/C15H22N2S/c1-3-17-13(2)14-7-9-15(10-8-14)18-12-6-4-5-11-16/h7-10,13,17H,3-6,12H2,1-2H3. The number of unbranched alkanes of at least 4 members (excludes halogenated alkanes) is 2. The summed E-state index contributed by atoms with van der Waals surface area (Å²) in [7, 11) is 0. The van der Waals surface area contributed by atoms with Crippen LogP contribution < -0.4 is 5.32 Å². The van der Waals surface area contributed by atoms with Gasteiger partial charge in [0, 0.05) is 17.4 Å². The normalized spacial score (nSPS) is 12.1. The quantitative estimate of drug-likeness (QED) is 0.565. The van der Waals surface area contributed by atoms with Crippen LogP contribution in [0.15, 0.2) is 29.2 Å². The molecule has 1 unspecified atom stereocenters. The van der Waals surface area contributed by atoms with Crippen molar-refractivity contribution in [1.29, 1.82) is 5.26 Å². The van der Waals surface area contributed by atoms with E-state index in [1.54, 1.807) is 0 Å². The highest BCUT2D eigenvalue weighted by Gasteiger charge is 2.03. The van der Waals surface area contributed by atoms with Crippen LogP contribution in [0, 0.1) is 11.3 Å². The molecule has 98 valence electrons. The molecule has 0 aromatic heterocycles. The molecule has 18 heavy (non-hydrogen) atoms. The van der Waals surface area contributed by atoms with E-state index in [1.165, 1.54) is 10.5 Å². The van der Waals surface area contributed by atoms with Crippen molar-refractivity contribution < 1.29 is 0 Å². The third-order valence-corrected chi connectivity index (χ3v) is 3.94. The molecular weight excluding hydrogens is 240 g/mol. The topological polar surface area (TPSA) is 35.8 Å². The van der Waals surface area contributed by atoms with E-state index in [4.69, 9.17) is 5.26 Å². The number of nitrogens with one attached hydrogen (secondary N) is 1. The van der Waals surface area contributed by atoms with E-state index in [-0.39, 0.29) is 0 Å². The highest BCUT2D eigenvalue weighted by molar-refractivity contribution is 7.99. The zero-order chi connectivity index (χ0) is 13.2. The lowest BCUT2D eigenvalue weighted by Crippen LogP contribution is -2.17. The van der Waals surface area contributed by atoms with Crippen molar-refractivity contribution in [2.24, 2.45) is 0 Å². The maximum Gasteiger partial charge on any atom is 0.0621 e. The summed E-state index contributed by atoms with van der Waals surface area (Å²) >= 11 is 1.87. The lowest BCUT2D eigenvalue weighted by atomic mass is 10.1. The monoisotopic (exact) mass is 262 g/mol. The van der Waals surface area contributed by atoms with Gasteiger partial charge < -0.3 is 5.32 Å². The van der Waals surface area contributed by atoms with Crippen LogP contribution in [0.5, 0.6) is 0 Å². The molecule has 0 amide bonds. The number of hydrogen-bond acceptors (Lipinski definition) is 3. The van der Waals surface area contributed by atoms with Gasteiger partial charge in [0.1, 0.15) is 0 Å². The Bertz CT molecular complexity index is 367. The predicted molar refractivity (Wildman–Crippen MR) is 78.7 cm³/mol. The van der Waals surface area contributed by atoms with Gasteiger partial charge >= 0.3 is 0 Å². The number of benzene rings is 1. The molecule has 0 aliphatic rings. The first-order chi connectivity index (χ1) is 8.77. The van der Waals surface area contributed by atoms with E-state index in [9.17, 15) is 0 Å².